The van der Waals surface area contributed by atoms with Gasteiger partial charge in [-0.2, -0.15) is 0 Å². The first kappa shape index (κ1) is 13.8. The Morgan fingerprint density at radius 1 is 1.18 bits per heavy atom. The summed E-state index contributed by atoms with van der Waals surface area (Å²) in [6, 6.07) is 10.5. The molecule has 4 nitrogen and oxygen atoms in total. The normalized spacial score (nSPS) is 19.5. The predicted molar refractivity (Wildman–Crippen MR) is 87.8 cm³/mol. The second-order valence-corrected chi connectivity index (χ2v) is 6.38. The van der Waals surface area contributed by atoms with Gasteiger partial charge in [0.2, 0.25) is 0 Å². The molecule has 1 atom stereocenters. The van der Waals surface area contributed by atoms with Gasteiger partial charge < -0.3 is 4.74 Å². The molecule has 1 aliphatic heterocycles. The van der Waals surface area contributed by atoms with Gasteiger partial charge in [-0.1, -0.05) is 24.3 Å². The lowest BCUT2D eigenvalue weighted by molar-refractivity contribution is -0.0328. The first-order valence-electron chi connectivity index (χ1n) is 7.46. The van der Waals surface area contributed by atoms with Crippen LogP contribution >= 0.6 is 11.3 Å². The summed E-state index contributed by atoms with van der Waals surface area (Å²) in [7, 11) is 0. The van der Waals surface area contributed by atoms with Gasteiger partial charge in [0.15, 0.2) is 0 Å². The molecule has 2 aromatic heterocycles. The fourth-order valence-corrected chi connectivity index (χ4v) is 3.60. The van der Waals surface area contributed by atoms with Crippen molar-refractivity contribution in [3.05, 3.63) is 58.7 Å². The summed E-state index contributed by atoms with van der Waals surface area (Å²) in [6.45, 7) is 3.49. The van der Waals surface area contributed by atoms with E-state index in [2.05, 4.69) is 39.1 Å². The van der Waals surface area contributed by atoms with Crippen LogP contribution in [0.4, 0.5) is 0 Å². The number of ether oxygens (including phenoxy) is 1. The van der Waals surface area contributed by atoms with Gasteiger partial charge in [0, 0.05) is 42.8 Å². The lowest BCUT2D eigenvalue weighted by atomic mass is 10.1. The first-order chi connectivity index (χ1) is 10.9. The van der Waals surface area contributed by atoms with Crippen molar-refractivity contribution in [2.45, 2.75) is 12.6 Å². The number of hydrogen-bond acceptors (Lipinski definition) is 5. The van der Waals surface area contributed by atoms with Gasteiger partial charge in [0.25, 0.3) is 0 Å². The van der Waals surface area contributed by atoms with Crippen molar-refractivity contribution in [1.82, 2.24) is 14.9 Å². The Morgan fingerprint density at radius 3 is 3.05 bits per heavy atom. The molecule has 3 heterocycles. The maximum Gasteiger partial charge on any atom is 0.123 e. The monoisotopic (exact) mass is 311 g/mol. The smallest absolute Gasteiger partial charge is 0.123 e. The van der Waals surface area contributed by atoms with Crippen molar-refractivity contribution in [2.24, 2.45) is 0 Å². The Bertz CT molecular complexity index is 754. The minimum Gasteiger partial charge on any atom is -0.368 e. The summed E-state index contributed by atoms with van der Waals surface area (Å²) in [5, 5.41) is 4.28. The fourth-order valence-electron chi connectivity index (χ4n) is 2.92. The van der Waals surface area contributed by atoms with E-state index in [9.17, 15) is 0 Å². The molecular formula is C17H17N3OS. The molecule has 1 aromatic carbocycles. The molecule has 0 saturated carbocycles. The number of thiazole rings is 1. The molecule has 3 aromatic rings. The van der Waals surface area contributed by atoms with E-state index in [-0.39, 0.29) is 6.10 Å². The number of rotatable bonds is 3. The summed E-state index contributed by atoms with van der Waals surface area (Å²) in [6.07, 6.45) is 3.80. The molecular weight excluding hydrogens is 294 g/mol. The van der Waals surface area contributed by atoms with Crippen LogP contribution in [-0.4, -0.2) is 34.6 Å². The van der Waals surface area contributed by atoms with E-state index in [1.165, 1.54) is 10.9 Å². The average molecular weight is 311 g/mol. The average Bonchev–Trinajstić information content (AvgIpc) is 3.10. The van der Waals surface area contributed by atoms with E-state index in [4.69, 9.17) is 4.74 Å². The first-order valence-corrected chi connectivity index (χ1v) is 8.34. The quantitative estimate of drug-likeness (QED) is 0.744. The molecule has 0 bridgehead atoms. The van der Waals surface area contributed by atoms with E-state index in [1.807, 2.05) is 23.8 Å². The van der Waals surface area contributed by atoms with Crippen LogP contribution in [0.15, 0.2) is 48.1 Å². The van der Waals surface area contributed by atoms with Crippen LogP contribution in [0, 0.1) is 0 Å². The summed E-state index contributed by atoms with van der Waals surface area (Å²) in [4.78, 5) is 11.4. The van der Waals surface area contributed by atoms with Crippen LogP contribution in [0.2, 0.25) is 0 Å². The minimum atomic E-state index is 0.0942. The van der Waals surface area contributed by atoms with Gasteiger partial charge in [0.05, 0.1) is 12.1 Å². The molecule has 112 valence electrons. The van der Waals surface area contributed by atoms with E-state index >= 15 is 0 Å². The zero-order valence-corrected chi connectivity index (χ0v) is 13.0. The number of fused-ring (bicyclic) bond motifs is 1. The van der Waals surface area contributed by atoms with Crippen LogP contribution in [-0.2, 0) is 11.3 Å². The van der Waals surface area contributed by atoms with Crippen molar-refractivity contribution in [2.75, 3.05) is 19.7 Å². The molecule has 0 N–H and O–H groups in total. The highest BCUT2D eigenvalue weighted by Gasteiger charge is 2.24. The summed E-state index contributed by atoms with van der Waals surface area (Å²) in [5.74, 6) is 0. The molecule has 0 spiro atoms. The molecule has 1 unspecified atom stereocenters. The van der Waals surface area contributed by atoms with E-state index in [0.29, 0.717) is 0 Å². The SMILES string of the molecule is c1cnc2c(CN3CCOC(c4nccs4)C3)cccc2c1. The standard InChI is InChI=1S/C17H17N3OS/c1-3-13-5-2-6-18-16(13)14(4-1)11-20-8-9-21-15(12-20)17-19-7-10-22-17/h1-7,10,15H,8-9,11-12H2. The van der Waals surface area contributed by atoms with Crippen LogP contribution < -0.4 is 0 Å². The largest absolute Gasteiger partial charge is 0.368 e. The Labute approximate surface area is 133 Å². The molecule has 0 radical (unpaired) electrons. The number of morpholine rings is 1. The second-order valence-electron chi connectivity index (χ2n) is 5.46. The van der Waals surface area contributed by atoms with Gasteiger partial charge in [-0.05, 0) is 11.6 Å². The number of nitrogens with zero attached hydrogens (tertiary/aromatic N) is 3. The third kappa shape index (κ3) is 2.75. The predicted octanol–water partition coefficient (Wildman–Crippen LogP) is 3.26. The number of para-hydroxylation sites is 1. The van der Waals surface area contributed by atoms with Crippen LogP contribution in [0.3, 0.4) is 0 Å². The van der Waals surface area contributed by atoms with Crippen molar-refractivity contribution in [3.8, 4) is 0 Å². The van der Waals surface area contributed by atoms with Crippen LogP contribution in [0.5, 0.6) is 0 Å². The van der Waals surface area contributed by atoms with Crippen LogP contribution in [0.25, 0.3) is 10.9 Å². The second kappa shape index (κ2) is 6.12. The highest BCUT2D eigenvalue weighted by molar-refractivity contribution is 7.09. The highest BCUT2D eigenvalue weighted by Crippen LogP contribution is 2.26. The number of aromatic nitrogens is 2. The van der Waals surface area contributed by atoms with E-state index in [1.54, 1.807) is 11.3 Å². The molecule has 1 aliphatic rings. The molecule has 0 aliphatic carbocycles. The van der Waals surface area contributed by atoms with Gasteiger partial charge in [-0.3, -0.25) is 9.88 Å². The number of pyridine rings is 1. The zero-order valence-electron chi connectivity index (χ0n) is 12.2. The van der Waals surface area contributed by atoms with Crippen molar-refractivity contribution in [3.63, 3.8) is 0 Å². The number of hydrogen-bond donors (Lipinski definition) is 0. The summed E-state index contributed by atoms with van der Waals surface area (Å²) in [5.41, 5.74) is 2.38. The van der Waals surface area contributed by atoms with Gasteiger partial charge in [-0.25, -0.2) is 4.98 Å². The topological polar surface area (TPSA) is 38.2 Å². The minimum absolute atomic E-state index is 0.0942. The number of benzene rings is 1. The Hall–Kier alpha value is -1.82. The van der Waals surface area contributed by atoms with Gasteiger partial charge in [0.1, 0.15) is 11.1 Å². The van der Waals surface area contributed by atoms with Crippen molar-refractivity contribution < 1.29 is 4.74 Å². The Balaban J connectivity index is 1.55. The Morgan fingerprint density at radius 2 is 2.14 bits per heavy atom. The van der Waals surface area contributed by atoms with Crippen molar-refractivity contribution >= 4 is 22.2 Å². The molecule has 0 amide bonds. The molecule has 1 fully saturated rings. The van der Waals surface area contributed by atoms with Gasteiger partial charge in [-0.15, -0.1) is 11.3 Å². The summed E-state index contributed by atoms with van der Waals surface area (Å²) >= 11 is 1.67. The van der Waals surface area contributed by atoms with Gasteiger partial charge >= 0.3 is 0 Å². The molecule has 4 rings (SSSR count). The van der Waals surface area contributed by atoms with Crippen LogP contribution in [0.1, 0.15) is 16.7 Å². The maximum absolute atomic E-state index is 5.87. The molecule has 1 saturated heterocycles. The van der Waals surface area contributed by atoms with E-state index < -0.39 is 0 Å². The zero-order chi connectivity index (χ0) is 14.8. The summed E-state index contributed by atoms with van der Waals surface area (Å²) < 4.78 is 5.87. The fraction of sp³-hybridized carbons (Fsp3) is 0.294. The lowest BCUT2D eigenvalue weighted by Crippen LogP contribution is -2.37. The van der Waals surface area contributed by atoms with E-state index in [0.717, 1.165) is 36.8 Å². The maximum atomic E-state index is 5.87. The third-order valence-corrected chi connectivity index (χ3v) is 4.86. The molecule has 22 heavy (non-hydrogen) atoms. The lowest BCUT2D eigenvalue weighted by Gasteiger charge is -2.32. The van der Waals surface area contributed by atoms with Crippen molar-refractivity contribution in [1.29, 1.82) is 0 Å². The highest BCUT2D eigenvalue weighted by atomic mass is 32.1. The molecule has 5 heteroatoms. The third-order valence-electron chi connectivity index (χ3n) is 3.99. The Kier molecular flexibility index (Phi) is 3.84.